The van der Waals surface area contributed by atoms with Gasteiger partial charge in [-0.2, -0.15) is 0 Å². The summed E-state index contributed by atoms with van der Waals surface area (Å²) in [5, 5.41) is 19.6. The van der Waals surface area contributed by atoms with Gasteiger partial charge in [-0.05, 0) is 38.5 Å². The zero-order chi connectivity index (χ0) is 12.6. The van der Waals surface area contributed by atoms with Crippen molar-refractivity contribution in [3.8, 4) is 0 Å². The molecule has 1 aromatic rings. The predicted molar refractivity (Wildman–Crippen MR) is 64.5 cm³/mol. The van der Waals surface area contributed by atoms with E-state index in [9.17, 15) is 14.6 Å². The van der Waals surface area contributed by atoms with Crippen LogP contribution in [0.15, 0.2) is 18.2 Å². The standard InChI is InChI=1S/C13H18FNO2/c1-9(16)11-7-10(14)3-4-12(11)15-6-5-13(2,17)8-15/h3-4,7,9,16-17H,5-6,8H2,1-2H3/t9-,13?/m1/s1. The Kier molecular flexibility index (Phi) is 3.10. The topological polar surface area (TPSA) is 43.7 Å². The smallest absolute Gasteiger partial charge is 0.123 e. The van der Waals surface area contributed by atoms with Crippen LogP contribution in [0.1, 0.15) is 31.9 Å². The molecule has 1 aliphatic heterocycles. The van der Waals surface area contributed by atoms with E-state index in [1.54, 1.807) is 19.9 Å². The summed E-state index contributed by atoms with van der Waals surface area (Å²) in [5.41, 5.74) is 0.673. The van der Waals surface area contributed by atoms with Gasteiger partial charge in [0, 0.05) is 24.3 Å². The lowest BCUT2D eigenvalue weighted by atomic mass is 10.1. The van der Waals surface area contributed by atoms with Crippen LogP contribution in [-0.4, -0.2) is 28.9 Å². The molecule has 1 unspecified atom stereocenters. The highest BCUT2D eigenvalue weighted by molar-refractivity contribution is 5.56. The number of halogens is 1. The van der Waals surface area contributed by atoms with Crippen LogP contribution in [-0.2, 0) is 0 Å². The molecular formula is C13H18FNO2. The Morgan fingerprint density at radius 2 is 2.18 bits per heavy atom. The highest BCUT2D eigenvalue weighted by atomic mass is 19.1. The molecular weight excluding hydrogens is 221 g/mol. The second kappa shape index (κ2) is 4.27. The van der Waals surface area contributed by atoms with Gasteiger partial charge in [0.2, 0.25) is 0 Å². The summed E-state index contributed by atoms with van der Waals surface area (Å²) < 4.78 is 13.2. The second-order valence-corrected chi connectivity index (χ2v) is 5.05. The average molecular weight is 239 g/mol. The van der Waals surface area contributed by atoms with Gasteiger partial charge in [0.1, 0.15) is 5.82 Å². The number of benzene rings is 1. The number of rotatable bonds is 2. The van der Waals surface area contributed by atoms with Gasteiger partial charge >= 0.3 is 0 Å². The van der Waals surface area contributed by atoms with Crippen molar-refractivity contribution in [2.45, 2.75) is 32.0 Å². The first-order valence-corrected chi connectivity index (χ1v) is 5.84. The molecule has 0 amide bonds. The van der Waals surface area contributed by atoms with E-state index in [1.165, 1.54) is 12.1 Å². The number of aliphatic hydroxyl groups excluding tert-OH is 1. The van der Waals surface area contributed by atoms with Crippen molar-refractivity contribution in [1.29, 1.82) is 0 Å². The summed E-state index contributed by atoms with van der Waals surface area (Å²) >= 11 is 0. The summed E-state index contributed by atoms with van der Waals surface area (Å²) in [6.45, 7) is 4.64. The molecule has 0 aromatic heterocycles. The van der Waals surface area contributed by atoms with E-state index >= 15 is 0 Å². The first-order valence-electron chi connectivity index (χ1n) is 5.84. The van der Waals surface area contributed by atoms with Gasteiger partial charge in [0.05, 0.1) is 11.7 Å². The predicted octanol–water partition coefficient (Wildman–Crippen LogP) is 1.84. The van der Waals surface area contributed by atoms with Crippen molar-refractivity contribution in [3.05, 3.63) is 29.6 Å². The number of hydrogen-bond donors (Lipinski definition) is 2. The van der Waals surface area contributed by atoms with Crippen molar-refractivity contribution in [3.63, 3.8) is 0 Å². The van der Waals surface area contributed by atoms with Crippen LogP contribution in [0.25, 0.3) is 0 Å². The van der Waals surface area contributed by atoms with Crippen LogP contribution in [0.3, 0.4) is 0 Å². The Morgan fingerprint density at radius 1 is 1.47 bits per heavy atom. The summed E-state index contributed by atoms with van der Waals surface area (Å²) in [6, 6.07) is 4.40. The third kappa shape index (κ3) is 2.58. The Hall–Kier alpha value is -1.13. The minimum Gasteiger partial charge on any atom is -0.389 e. The molecule has 17 heavy (non-hydrogen) atoms. The van der Waals surface area contributed by atoms with Crippen LogP contribution >= 0.6 is 0 Å². The Morgan fingerprint density at radius 3 is 2.71 bits per heavy atom. The number of β-amino-alcohol motifs (C(OH)–C–C–N with tert-alkyl or cyclic N) is 1. The van der Waals surface area contributed by atoms with E-state index < -0.39 is 11.7 Å². The quantitative estimate of drug-likeness (QED) is 0.827. The molecule has 1 aliphatic rings. The molecule has 2 rings (SSSR count). The Balaban J connectivity index is 2.33. The van der Waals surface area contributed by atoms with Crippen molar-refractivity contribution in [2.24, 2.45) is 0 Å². The molecule has 3 nitrogen and oxygen atoms in total. The molecule has 0 spiro atoms. The first kappa shape index (κ1) is 12.3. The molecule has 94 valence electrons. The van der Waals surface area contributed by atoms with Crippen LogP contribution in [0.2, 0.25) is 0 Å². The van der Waals surface area contributed by atoms with E-state index in [0.29, 0.717) is 18.5 Å². The van der Waals surface area contributed by atoms with Crippen LogP contribution in [0.5, 0.6) is 0 Å². The Labute approximate surface area is 100 Å². The maximum atomic E-state index is 13.2. The van der Waals surface area contributed by atoms with E-state index in [0.717, 1.165) is 12.2 Å². The van der Waals surface area contributed by atoms with Gasteiger partial charge in [-0.1, -0.05) is 0 Å². The average Bonchev–Trinajstić information content (AvgIpc) is 2.58. The summed E-state index contributed by atoms with van der Waals surface area (Å²) in [6.07, 6.45) is -0.0323. The van der Waals surface area contributed by atoms with E-state index in [1.807, 2.05) is 4.90 Å². The van der Waals surface area contributed by atoms with Crippen molar-refractivity contribution in [1.82, 2.24) is 0 Å². The minimum atomic E-state index is -0.716. The van der Waals surface area contributed by atoms with Crippen molar-refractivity contribution >= 4 is 5.69 Å². The molecule has 1 saturated heterocycles. The molecule has 2 N–H and O–H groups in total. The molecule has 0 saturated carbocycles. The molecule has 1 aromatic carbocycles. The first-order chi connectivity index (χ1) is 7.89. The molecule has 0 bridgehead atoms. The van der Waals surface area contributed by atoms with Gasteiger partial charge in [-0.3, -0.25) is 0 Å². The maximum absolute atomic E-state index is 13.2. The normalized spacial score (nSPS) is 26.3. The zero-order valence-electron chi connectivity index (χ0n) is 10.2. The van der Waals surface area contributed by atoms with Gasteiger partial charge < -0.3 is 15.1 Å². The fourth-order valence-corrected chi connectivity index (χ4v) is 2.30. The van der Waals surface area contributed by atoms with E-state index in [2.05, 4.69) is 0 Å². The van der Waals surface area contributed by atoms with Crippen LogP contribution < -0.4 is 4.90 Å². The number of anilines is 1. The van der Waals surface area contributed by atoms with Gasteiger partial charge in [-0.15, -0.1) is 0 Å². The molecule has 0 radical (unpaired) electrons. The van der Waals surface area contributed by atoms with Gasteiger partial charge in [-0.25, -0.2) is 4.39 Å². The lowest BCUT2D eigenvalue weighted by Gasteiger charge is -2.24. The van der Waals surface area contributed by atoms with Crippen LogP contribution in [0, 0.1) is 5.82 Å². The number of hydrogen-bond acceptors (Lipinski definition) is 3. The van der Waals surface area contributed by atoms with Crippen molar-refractivity contribution < 1.29 is 14.6 Å². The third-order valence-electron chi connectivity index (χ3n) is 3.23. The third-order valence-corrected chi connectivity index (χ3v) is 3.23. The molecule has 1 heterocycles. The van der Waals surface area contributed by atoms with E-state index in [-0.39, 0.29) is 5.82 Å². The molecule has 4 heteroatoms. The Bertz CT molecular complexity index is 418. The van der Waals surface area contributed by atoms with Crippen molar-refractivity contribution in [2.75, 3.05) is 18.0 Å². The fraction of sp³-hybridized carbons (Fsp3) is 0.538. The number of aliphatic hydroxyl groups is 2. The number of nitrogens with zero attached hydrogens (tertiary/aromatic N) is 1. The lowest BCUT2D eigenvalue weighted by molar-refractivity contribution is 0.0839. The van der Waals surface area contributed by atoms with Gasteiger partial charge in [0.15, 0.2) is 0 Å². The summed E-state index contributed by atoms with van der Waals surface area (Å²) in [4.78, 5) is 1.99. The van der Waals surface area contributed by atoms with Gasteiger partial charge in [0.25, 0.3) is 0 Å². The fourth-order valence-electron chi connectivity index (χ4n) is 2.30. The largest absolute Gasteiger partial charge is 0.389 e. The SMILES string of the molecule is C[C@@H](O)c1cc(F)ccc1N1CCC(C)(O)C1. The molecule has 1 fully saturated rings. The summed E-state index contributed by atoms with van der Waals surface area (Å²) in [7, 11) is 0. The second-order valence-electron chi connectivity index (χ2n) is 5.05. The van der Waals surface area contributed by atoms with E-state index in [4.69, 9.17) is 0 Å². The molecule has 0 aliphatic carbocycles. The van der Waals surface area contributed by atoms with Crippen LogP contribution in [0.4, 0.5) is 10.1 Å². The highest BCUT2D eigenvalue weighted by Crippen LogP contribution is 2.32. The maximum Gasteiger partial charge on any atom is 0.123 e. The minimum absolute atomic E-state index is 0.351. The summed E-state index contributed by atoms with van der Waals surface area (Å²) in [5.74, 6) is -0.351. The lowest BCUT2D eigenvalue weighted by Crippen LogP contribution is -2.30. The highest BCUT2D eigenvalue weighted by Gasteiger charge is 2.32. The zero-order valence-corrected chi connectivity index (χ0v) is 10.2. The molecule has 2 atom stereocenters. The monoisotopic (exact) mass is 239 g/mol.